The maximum Gasteiger partial charge on any atom is 0.193 e. The number of pyridine rings is 1. The van der Waals surface area contributed by atoms with Crippen LogP contribution in [0, 0.1) is 0 Å². The van der Waals surface area contributed by atoms with E-state index < -0.39 is 0 Å². The molecule has 6 heteroatoms. The molecule has 0 bridgehead atoms. The number of hydrogen-bond acceptors (Lipinski definition) is 4. The first-order valence-corrected chi connectivity index (χ1v) is 10.2. The van der Waals surface area contributed by atoms with Gasteiger partial charge in [0.05, 0.1) is 5.52 Å². The SMILES string of the molecule is CCN1CCCC1CN(C)C(=NC)NCc1cc(N(C)C)nc2ccccc12. The first kappa shape index (κ1) is 20.4. The highest BCUT2D eigenvalue weighted by molar-refractivity contribution is 5.85. The van der Waals surface area contributed by atoms with Gasteiger partial charge in [-0.3, -0.25) is 9.89 Å². The second kappa shape index (κ2) is 9.24. The summed E-state index contributed by atoms with van der Waals surface area (Å²) in [7, 11) is 8.06. The van der Waals surface area contributed by atoms with E-state index in [1.165, 1.54) is 30.3 Å². The van der Waals surface area contributed by atoms with Crippen molar-refractivity contribution < 1.29 is 0 Å². The zero-order valence-corrected chi connectivity index (χ0v) is 17.9. The van der Waals surface area contributed by atoms with E-state index in [9.17, 15) is 0 Å². The predicted molar refractivity (Wildman–Crippen MR) is 119 cm³/mol. The lowest BCUT2D eigenvalue weighted by Crippen LogP contribution is -2.45. The van der Waals surface area contributed by atoms with Crippen molar-refractivity contribution in [1.29, 1.82) is 0 Å². The van der Waals surface area contributed by atoms with Gasteiger partial charge in [-0.1, -0.05) is 25.1 Å². The van der Waals surface area contributed by atoms with Gasteiger partial charge >= 0.3 is 0 Å². The molecule has 2 aromatic rings. The van der Waals surface area contributed by atoms with E-state index in [0.717, 1.165) is 36.9 Å². The summed E-state index contributed by atoms with van der Waals surface area (Å²) in [6, 6.07) is 11.1. The standard InChI is InChI=1S/C22H34N6/c1-6-28-13-9-10-18(28)16-27(5)22(23-2)24-15-17-14-21(26(3)4)25-20-12-8-7-11-19(17)20/h7-8,11-12,14,18H,6,9-10,13,15-16H2,1-5H3,(H,23,24). The van der Waals surface area contributed by atoms with Crippen LogP contribution in [0.1, 0.15) is 25.3 Å². The molecule has 1 N–H and O–H groups in total. The van der Waals surface area contributed by atoms with Crippen molar-refractivity contribution in [1.82, 2.24) is 20.1 Å². The van der Waals surface area contributed by atoms with Crippen molar-refractivity contribution in [2.75, 3.05) is 52.7 Å². The molecular formula is C22H34N6. The summed E-state index contributed by atoms with van der Waals surface area (Å²) in [5, 5.41) is 4.75. The minimum atomic E-state index is 0.621. The van der Waals surface area contributed by atoms with E-state index in [0.29, 0.717) is 6.04 Å². The number of likely N-dealkylation sites (N-methyl/N-ethyl adjacent to an activating group) is 2. The van der Waals surface area contributed by atoms with Crippen LogP contribution in [-0.4, -0.2) is 74.6 Å². The van der Waals surface area contributed by atoms with Gasteiger partial charge < -0.3 is 15.1 Å². The molecule has 1 aromatic carbocycles. The predicted octanol–water partition coefficient (Wildman–Crippen LogP) is 2.79. The average molecular weight is 383 g/mol. The number of anilines is 1. The van der Waals surface area contributed by atoms with Crippen LogP contribution >= 0.6 is 0 Å². The molecule has 1 aliphatic rings. The summed E-state index contributed by atoms with van der Waals surface area (Å²) >= 11 is 0. The summed E-state index contributed by atoms with van der Waals surface area (Å²) < 4.78 is 0. The van der Waals surface area contributed by atoms with Crippen molar-refractivity contribution >= 4 is 22.7 Å². The second-order valence-corrected chi connectivity index (χ2v) is 7.76. The van der Waals surface area contributed by atoms with Crippen molar-refractivity contribution in [3.63, 3.8) is 0 Å². The van der Waals surface area contributed by atoms with E-state index >= 15 is 0 Å². The Morgan fingerprint density at radius 3 is 2.79 bits per heavy atom. The molecule has 1 atom stereocenters. The fourth-order valence-corrected chi connectivity index (χ4v) is 4.09. The molecule has 1 unspecified atom stereocenters. The van der Waals surface area contributed by atoms with Crippen molar-refractivity contribution in [2.24, 2.45) is 4.99 Å². The lowest BCUT2D eigenvalue weighted by Gasteiger charge is -2.30. The molecule has 2 heterocycles. The molecule has 1 fully saturated rings. The Morgan fingerprint density at radius 2 is 2.07 bits per heavy atom. The smallest absolute Gasteiger partial charge is 0.193 e. The average Bonchev–Trinajstić information content (AvgIpc) is 3.15. The first-order chi connectivity index (χ1) is 13.5. The Labute approximate surface area is 169 Å². The quantitative estimate of drug-likeness (QED) is 0.615. The van der Waals surface area contributed by atoms with Crippen LogP contribution in [0.4, 0.5) is 5.82 Å². The van der Waals surface area contributed by atoms with E-state index in [4.69, 9.17) is 4.98 Å². The second-order valence-electron chi connectivity index (χ2n) is 7.76. The Hall–Kier alpha value is -2.34. The Kier molecular flexibility index (Phi) is 6.73. The zero-order chi connectivity index (χ0) is 20.1. The van der Waals surface area contributed by atoms with Crippen LogP contribution in [0.5, 0.6) is 0 Å². The maximum absolute atomic E-state index is 4.76. The third-order valence-corrected chi connectivity index (χ3v) is 5.65. The van der Waals surface area contributed by atoms with Gasteiger partial charge in [-0.2, -0.15) is 0 Å². The molecule has 152 valence electrons. The van der Waals surface area contributed by atoms with Crippen LogP contribution in [0.3, 0.4) is 0 Å². The summed E-state index contributed by atoms with van der Waals surface area (Å²) in [5.41, 5.74) is 2.26. The Bertz CT molecular complexity index is 816. The molecule has 1 aliphatic heterocycles. The monoisotopic (exact) mass is 382 g/mol. The number of guanidine groups is 1. The summed E-state index contributed by atoms with van der Waals surface area (Å²) in [5.74, 6) is 1.92. The molecule has 28 heavy (non-hydrogen) atoms. The highest BCUT2D eigenvalue weighted by atomic mass is 15.3. The van der Waals surface area contributed by atoms with Crippen LogP contribution in [0.25, 0.3) is 10.9 Å². The van der Waals surface area contributed by atoms with Gasteiger partial charge in [0, 0.05) is 52.7 Å². The molecule has 0 amide bonds. The highest BCUT2D eigenvalue weighted by Crippen LogP contribution is 2.22. The van der Waals surface area contributed by atoms with Crippen LogP contribution in [0.15, 0.2) is 35.3 Å². The number of aromatic nitrogens is 1. The maximum atomic E-state index is 4.76. The fourth-order valence-electron chi connectivity index (χ4n) is 4.09. The minimum Gasteiger partial charge on any atom is -0.363 e. The van der Waals surface area contributed by atoms with Crippen molar-refractivity contribution in [3.8, 4) is 0 Å². The molecule has 0 aliphatic carbocycles. The third kappa shape index (κ3) is 4.55. The van der Waals surface area contributed by atoms with Crippen LogP contribution in [-0.2, 0) is 6.54 Å². The first-order valence-electron chi connectivity index (χ1n) is 10.2. The number of hydrogen-bond donors (Lipinski definition) is 1. The molecule has 0 saturated carbocycles. The summed E-state index contributed by atoms with van der Waals surface area (Å²) in [4.78, 5) is 16.2. The van der Waals surface area contributed by atoms with E-state index in [1.54, 1.807) is 0 Å². The Balaban J connectivity index is 1.73. The van der Waals surface area contributed by atoms with Gasteiger partial charge in [0.1, 0.15) is 5.82 Å². The molecule has 1 saturated heterocycles. The van der Waals surface area contributed by atoms with Gasteiger partial charge in [-0.05, 0) is 43.6 Å². The van der Waals surface area contributed by atoms with Crippen molar-refractivity contribution in [3.05, 3.63) is 35.9 Å². The number of rotatable bonds is 6. The molecule has 6 nitrogen and oxygen atoms in total. The van der Waals surface area contributed by atoms with Gasteiger partial charge in [0.15, 0.2) is 5.96 Å². The third-order valence-electron chi connectivity index (χ3n) is 5.65. The van der Waals surface area contributed by atoms with Crippen LogP contribution in [0.2, 0.25) is 0 Å². The van der Waals surface area contributed by atoms with E-state index in [1.807, 2.05) is 27.2 Å². The van der Waals surface area contributed by atoms with Gasteiger partial charge in [-0.25, -0.2) is 4.98 Å². The molecule has 0 spiro atoms. The van der Waals surface area contributed by atoms with Crippen molar-refractivity contribution in [2.45, 2.75) is 32.4 Å². The fraction of sp³-hybridized carbons (Fsp3) is 0.545. The topological polar surface area (TPSA) is 47.0 Å². The summed E-state index contributed by atoms with van der Waals surface area (Å²) in [6.07, 6.45) is 2.57. The number of nitrogens with zero attached hydrogens (tertiary/aromatic N) is 5. The van der Waals surface area contributed by atoms with Crippen LogP contribution < -0.4 is 10.2 Å². The zero-order valence-electron chi connectivity index (χ0n) is 17.9. The largest absolute Gasteiger partial charge is 0.363 e. The van der Waals surface area contributed by atoms with Gasteiger partial charge in [0.25, 0.3) is 0 Å². The molecular weight excluding hydrogens is 348 g/mol. The number of likely N-dealkylation sites (tertiary alicyclic amines) is 1. The number of nitrogens with one attached hydrogen (secondary N) is 1. The molecule has 3 rings (SSSR count). The number of aliphatic imine (C=N–C) groups is 1. The summed E-state index contributed by atoms with van der Waals surface area (Å²) in [6.45, 7) is 6.33. The number of benzene rings is 1. The highest BCUT2D eigenvalue weighted by Gasteiger charge is 2.25. The lowest BCUT2D eigenvalue weighted by atomic mass is 10.1. The Morgan fingerprint density at radius 1 is 1.29 bits per heavy atom. The van der Waals surface area contributed by atoms with E-state index in [2.05, 4.69) is 63.2 Å². The van der Waals surface area contributed by atoms with E-state index in [-0.39, 0.29) is 0 Å². The number of fused-ring (bicyclic) bond motifs is 1. The normalized spacial score (nSPS) is 17.9. The van der Waals surface area contributed by atoms with Gasteiger partial charge in [0.2, 0.25) is 0 Å². The molecule has 1 aromatic heterocycles. The molecule has 0 radical (unpaired) electrons. The number of para-hydroxylation sites is 1. The van der Waals surface area contributed by atoms with Gasteiger partial charge in [-0.15, -0.1) is 0 Å². The lowest BCUT2D eigenvalue weighted by molar-refractivity contribution is 0.232. The minimum absolute atomic E-state index is 0.621.